The van der Waals surface area contributed by atoms with Crippen molar-refractivity contribution in [2.75, 3.05) is 23.7 Å². The predicted octanol–water partition coefficient (Wildman–Crippen LogP) is 5.09. The van der Waals surface area contributed by atoms with E-state index in [-0.39, 0.29) is 35.3 Å². The summed E-state index contributed by atoms with van der Waals surface area (Å²) in [6.45, 7) is 12.1. The second kappa shape index (κ2) is 19.1. The molecule has 0 saturated heterocycles. The molecular weight excluding hydrogens is 648 g/mol. The van der Waals surface area contributed by atoms with Gasteiger partial charge in [-0.2, -0.15) is 0 Å². The van der Waals surface area contributed by atoms with E-state index in [9.17, 15) is 19.2 Å². The van der Waals surface area contributed by atoms with Crippen molar-refractivity contribution in [3.8, 4) is 0 Å². The zero-order valence-electron chi connectivity index (χ0n) is 30.4. The van der Waals surface area contributed by atoms with Gasteiger partial charge in [-0.3, -0.25) is 30.0 Å². The van der Waals surface area contributed by atoms with Gasteiger partial charge in [0.05, 0.1) is 23.0 Å². The Bertz CT molecular complexity index is 1720. The summed E-state index contributed by atoms with van der Waals surface area (Å²) in [6.07, 6.45) is 7.07. The topological polar surface area (TPSA) is 226 Å². The SMILES string of the molecule is Cc1cc(C(=O)Nc2cc(C(=O)NCCCC(=N)N)n(CCC(C)C)c2)ccc1C(=O)Nc1cc(C(=O)NCCCC(=N)N)n(CCC(C)C)c1. The summed E-state index contributed by atoms with van der Waals surface area (Å²) in [5.41, 5.74) is 13.9. The molecule has 1 aromatic carbocycles. The van der Waals surface area contributed by atoms with Crippen molar-refractivity contribution in [3.63, 3.8) is 0 Å². The molecule has 3 rings (SSSR count). The Balaban J connectivity index is 1.72. The molecule has 51 heavy (non-hydrogen) atoms. The van der Waals surface area contributed by atoms with Crippen molar-refractivity contribution in [1.82, 2.24) is 19.8 Å². The third-order valence-electron chi connectivity index (χ3n) is 8.22. The first-order valence-corrected chi connectivity index (χ1v) is 17.5. The number of amides is 4. The Morgan fingerprint density at radius 2 is 1.14 bits per heavy atom. The van der Waals surface area contributed by atoms with Gasteiger partial charge in [-0.25, -0.2) is 0 Å². The summed E-state index contributed by atoms with van der Waals surface area (Å²) in [4.78, 5) is 52.7. The highest BCUT2D eigenvalue weighted by Crippen LogP contribution is 2.21. The summed E-state index contributed by atoms with van der Waals surface area (Å²) in [6, 6.07) is 8.08. The molecule has 0 fully saturated rings. The van der Waals surface area contributed by atoms with Crippen LogP contribution in [0.3, 0.4) is 0 Å². The standard InChI is InChI=1S/C37H54N10O4/c1-23(2)12-16-46-21-27(19-30(46)36(50)42-14-6-8-32(38)39)44-34(48)26-10-11-29(25(5)18-26)35(49)45-28-20-31(47(22-28)17-13-24(3)4)37(51)43-15-7-9-33(40)41/h10-11,18-24H,6-9,12-17H2,1-5H3,(H3,38,39)(H3,40,41)(H,42,50)(H,43,51)(H,44,48)(H,45,49). The van der Waals surface area contributed by atoms with Crippen molar-refractivity contribution in [3.05, 3.63) is 70.8 Å². The molecule has 2 aromatic heterocycles. The Labute approximate surface area is 300 Å². The molecule has 276 valence electrons. The number of rotatable bonds is 20. The van der Waals surface area contributed by atoms with E-state index in [1.54, 1.807) is 49.6 Å². The fourth-order valence-electron chi connectivity index (χ4n) is 5.31. The van der Waals surface area contributed by atoms with Crippen LogP contribution in [0.25, 0.3) is 0 Å². The number of aromatic nitrogens is 2. The Morgan fingerprint density at radius 1 is 0.686 bits per heavy atom. The number of hydrogen-bond acceptors (Lipinski definition) is 6. The monoisotopic (exact) mass is 702 g/mol. The average Bonchev–Trinajstić information content (AvgIpc) is 3.66. The Kier molecular flexibility index (Phi) is 15.0. The fourth-order valence-corrected chi connectivity index (χ4v) is 5.31. The molecule has 14 heteroatoms. The highest BCUT2D eigenvalue weighted by Gasteiger charge is 2.19. The highest BCUT2D eigenvalue weighted by atomic mass is 16.2. The highest BCUT2D eigenvalue weighted by molar-refractivity contribution is 6.09. The summed E-state index contributed by atoms with van der Waals surface area (Å²) in [5.74, 6) is -0.354. The molecule has 0 spiro atoms. The van der Waals surface area contributed by atoms with Gasteiger partial charge in [0.25, 0.3) is 23.6 Å². The molecule has 10 N–H and O–H groups in total. The maximum absolute atomic E-state index is 13.4. The zero-order chi connectivity index (χ0) is 37.7. The minimum Gasteiger partial charge on any atom is -0.388 e. The number of nitrogens with one attached hydrogen (secondary N) is 6. The summed E-state index contributed by atoms with van der Waals surface area (Å²) >= 11 is 0. The quantitative estimate of drug-likeness (QED) is 0.0454. The molecule has 0 bridgehead atoms. The van der Waals surface area contributed by atoms with E-state index >= 15 is 0 Å². The van der Waals surface area contributed by atoms with E-state index in [0.717, 1.165) is 12.8 Å². The van der Waals surface area contributed by atoms with Crippen molar-refractivity contribution >= 4 is 46.7 Å². The lowest BCUT2D eigenvalue weighted by Crippen LogP contribution is -2.27. The van der Waals surface area contributed by atoms with Crippen LogP contribution in [0.5, 0.6) is 0 Å². The summed E-state index contributed by atoms with van der Waals surface area (Å²) in [5, 5.41) is 26.2. The molecule has 2 heterocycles. The van der Waals surface area contributed by atoms with Gasteiger partial charge < -0.3 is 41.9 Å². The van der Waals surface area contributed by atoms with Crippen molar-refractivity contribution in [2.45, 2.75) is 86.2 Å². The zero-order valence-corrected chi connectivity index (χ0v) is 30.4. The third-order valence-corrected chi connectivity index (χ3v) is 8.22. The van der Waals surface area contributed by atoms with E-state index in [0.29, 0.717) is 103 Å². The normalized spacial score (nSPS) is 11.0. The van der Waals surface area contributed by atoms with E-state index in [2.05, 4.69) is 49.0 Å². The van der Waals surface area contributed by atoms with Gasteiger partial charge in [0.1, 0.15) is 11.4 Å². The van der Waals surface area contributed by atoms with Crippen LogP contribution in [-0.4, -0.2) is 57.5 Å². The summed E-state index contributed by atoms with van der Waals surface area (Å²) in [7, 11) is 0. The van der Waals surface area contributed by atoms with E-state index < -0.39 is 0 Å². The number of anilines is 2. The number of hydrogen-bond donors (Lipinski definition) is 8. The first-order chi connectivity index (χ1) is 24.1. The van der Waals surface area contributed by atoms with Crippen LogP contribution in [0.4, 0.5) is 11.4 Å². The van der Waals surface area contributed by atoms with Crippen LogP contribution in [0, 0.1) is 29.6 Å². The molecule has 0 atom stereocenters. The molecule has 0 unspecified atom stereocenters. The van der Waals surface area contributed by atoms with Gasteiger partial charge in [0.15, 0.2) is 0 Å². The largest absolute Gasteiger partial charge is 0.388 e. The van der Waals surface area contributed by atoms with Gasteiger partial charge >= 0.3 is 0 Å². The van der Waals surface area contributed by atoms with Crippen LogP contribution in [0.1, 0.15) is 113 Å². The van der Waals surface area contributed by atoms with Gasteiger partial charge in [-0.15, -0.1) is 0 Å². The van der Waals surface area contributed by atoms with Crippen molar-refractivity contribution in [2.24, 2.45) is 23.3 Å². The molecule has 0 aliphatic rings. The maximum atomic E-state index is 13.4. The van der Waals surface area contributed by atoms with Gasteiger partial charge in [0, 0.05) is 62.5 Å². The van der Waals surface area contributed by atoms with Crippen LogP contribution in [-0.2, 0) is 13.1 Å². The van der Waals surface area contributed by atoms with Crippen LogP contribution in [0.15, 0.2) is 42.7 Å². The number of benzene rings is 1. The molecule has 0 aliphatic heterocycles. The minimum atomic E-state index is -0.388. The predicted molar refractivity (Wildman–Crippen MR) is 202 cm³/mol. The smallest absolute Gasteiger partial charge is 0.267 e. The maximum Gasteiger partial charge on any atom is 0.267 e. The third kappa shape index (κ3) is 12.8. The number of amidine groups is 2. The van der Waals surface area contributed by atoms with Crippen molar-refractivity contribution < 1.29 is 19.2 Å². The molecule has 3 aromatic rings. The molecule has 0 radical (unpaired) electrons. The Hall–Kier alpha value is -5.40. The fraction of sp³-hybridized carbons (Fsp3) is 0.459. The average molecular weight is 703 g/mol. The number of carbonyl (C=O) groups excluding carboxylic acids is 4. The van der Waals surface area contributed by atoms with Gasteiger partial charge in [-0.05, 0) is 80.3 Å². The van der Waals surface area contributed by atoms with Gasteiger partial charge in [0.2, 0.25) is 0 Å². The second-order valence-electron chi connectivity index (χ2n) is 13.7. The first kappa shape index (κ1) is 40.0. The minimum absolute atomic E-state index is 0.0698. The molecule has 4 amide bonds. The lowest BCUT2D eigenvalue weighted by molar-refractivity contribution is 0.0935. The molecular formula is C37H54N10O4. The van der Waals surface area contributed by atoms with Crippen LogP contribution < -0.4 is 32.7 Å². The van der Waals surface area contributed by atoms with E-state index in [1.807, 2.05) is 9.13 Å². The molecule has 0 saturated carbocycles. The number of nitrogens with zero attached hydrogens (tertiary/aromatic N) is 2. The number of nitrogens with two attached hydrogens (primary N) is 2. The second-order valence-corrected chi connectivity index (χ2v) is 13.7. The first-order valence-electron chi connectivity index (χ1n) is 17.5. The number of carbonyl (C=O) groups is 4. The van der Waals surface area contributed by atoms with Gasteiger partial charge in [-0.1, -0.05) is 27.7 Å². The lowest BCUT2D eigenvalue weighted by Gasteiger charge is -2.11. The van der Waals surface area contributed by atoms with Crippen LogP contribution >= 0.6 is 0 Å². The lowest BCUT2D eigenvalue weighted by atomic mass is 10.0. The number of aryl methyl sites for hydroxylation is 3. The van der Waals surface area contributed by atoms with Crippen LogP contribution in [0.2, 0.25) is 0 Å². The van der Waals surface area contributed by atoms with E-state index in [4.69, 9.17) is 22.3 Å². The molecule has 0 aliphatic carbocycles. The Morgan fingerprint density at radius 3 is 1.55 bits per heavy atom. The van der Waals surface area contributed by atoms with Crippen molar-refractivity contribution in [1.29, 1.82) is 10.8 Å². The van der Waals surface area contributed by atoms with E-state index in [1.165, 1.54) is 0 Å². The molecule has 14 nitrogen and oxygen atoms in total. The summed E-state index contributed by atoms with van der Waals surface area (Å²) < 4.78 is 3.66.